The zero-order valence-electron chi connectivity index (χ0n) is 13.2. The van der Waals surface area contributed by atoms with Gasteiger partial charge in [0.1, 0.15) is 5.75 Å². The third kappa shape index (κ3) is 2.94. The molecule has 0 radical (unpaired) electrons. The van der Waals surface area contributed by atoms with Gasteiger partial charge in [0.2, 0.25) is 0 Å². The van der Waals surface area contributed by atoms with Crippen LogP contribution in [0.3, 0.4) is 0 Å². The Bertz CT molecular complexity index is 582. The van der Waals surface area contributed by atoms with Gasteiger partial charge >= 0.3 is 5.97 Å². The van der Waals surface area contributed by atoms with E-state index < -0.39 is 0 Å². The molecule has 2 bridgehead atoms. The zero-order chi connectivity index (χ0) is 15.2. The first-order chi connectivity index (χ1) is 10.7. The van der Waals surface area contributed by atoms with Crippen LogP contribution in [0.25, 0.3) is 0 Å². The highest BCUT2D eigenvalue weighted by atomic mass is 79.9. The van der Waals surface area contributed by atoms with E-state index in [1.807, 2.05) is 24.3 Å². The number of carbonyl (C=O) groups excluding carboxylic acids is 1. The van der Waals surface area contributed by atoms with Crippen LogP contribution in [-0.4, -0.2) is 30.5 Å². The van der Waals surface area contributed by atoms with Gasteiger partial charge in [-0.25, -0.2) is 0 Å². The number of hydrogen-bond donors (Lipinski definition) is 0. The molecule has 1 unspecified atom stereocenters. The van der Waals surface area contributed by atoms with Gasteiger partial charge in [-0.3, -0.25) is 4.79 Å². The summed E-state index contributed by atoms with van der Waals surface area (Å²) in [4.78, 5) is 15.5. The summed E-state index contributed by atoms with van der Waals surface area (Å²) in [5.74, 6) is 1.88. The molecule has 23 heavy (non-hydrogen) atoms. The van der Waals surface area contributed by atoms with Gasteiger partial charge in [-0.2, -0.15) is 0 Å². The van der Waals surface area contributed by atoms with Crippen LogP contribution in [-0.2, 0) is 4.79 Å². The van der Waals surface area contributed by atoms with E-state index in [0.717, 1.165) is 36.2 Å². The number of piperidine rings is 3. The van der Waals surface area contributed by atoms with Crippen molar-refractivity contribution in [3.05, 3.63) is 28.7 Å². The van der Waals surface area contributed by atoms with Gasteiger partial charge < -0.3 is 9.64 Å². The zero-order valence-corrected chi connectivity index (χ0v) is 15.6. The molecule has 0 spiro atoms. The highest BCUT2D eigenvalue weighted by Gasteiger charge is 2.56. The Morgan fingerprint density at radius 3 is 2.43 bits per heavy atom. The van der Waals surface area contributed by atoms with Crippen LogP contribution in [0.2, 0.25) is 0 Å². The number of nitrogens with zero attached hydrogens (tertiary/aromatic N) is 1. The van der Waals surface area contributed by atoms with Crippen LogP contribution in [0.1, 0.15) is 32.1 Å². The average molecular weight is 401 g/mol. The summed E-state index contributed by atoms with van der Waals surface area (Å²) >= 11 is 3.47. The summed E-state index contributed by atoms with van der Waals surface area (Å²) in [7, 11) is 0. The van der Waals surface area contributed by atoms with Gasteiger partial charge in [-0.05, 0) is 78.7 Å². The molecule has 0 N–H and O–H groups in total. The number of rotatable bonds is 3. The minimum Gasteiger partial charge on any atom is -0.425 e. The van der Waals surface area contributed by atoms with Crippen LogP contribution in [0.4, 0.5) is 0 Å². The quantitative estimate of drug-likeness (QED) is 0.560. The summed E-state index contributed by atoms with van der Waals surface area (Å²) in [6.07, 6.45) is 5.69. The number of benzene rings is 1. The van der Waals surface area contributed by atoms with Gasteiger partial charge in [0.15, 0.2) is 0 Å². The standard InChI is InChI=1S/C18H22BrNO2.ClH/c19-15-4-1-2-5-16(15)22-17(21)18(8-3-9-18)14-12-20-10-6-13(14)7-11-20;/h1-2,4-5,13-14H,3,6-12H2;1H. The van der Waals surface area contributed by atoms with Gasteiger partial charge in [0, 0.05) is 6.54 Å². The van der Waals surface area contributed by atoms with Crippen molar-refractivity contribution in [3.63, 3.8) is 0 Å². The largest absolute Gasteiger partial charge is 0.425 e. The number of carbonyl (C=O) groups is 1. The van der Waals surface area contributed by atoms with Gasteiger partial charge in [0.25, 0.3) is 0 Å². The van der Waals surface area contributed by atoms with E-state index in [4.69, 9.17) is 4.74 Å². The fourth-order valence-corrected chi connectivity index (χ4v) is 4.97. The Labute approximate surface area is 152 Å². The molecule has 1 atom stereocenters. The van der Waals surface area contributed by atoms with Crippen molar-refractivity contribution in [3.8, 4) is 5.75 Å². The Kier molecular flexibility index (Phi) is 5.05. The van der Waals surface area contributed by atoms with Crippen LogP contribution in [0.5, 0.6) is 5.75 Å². The molecule has 1 aromatic carbocycles. The van der Waals surface area contributed by atoms with Crippen LogP contribution in [0, 0.1) is 17.3 Å². The van der Waals surface area contributed by atoms with Crippen molar-refractivity contribution in [1.82, 2.24) is 4.90 Å². The summed E-state index contributed by atoms with van der Waals surface area (Å²) < 4.78 is 6.66. The second kappa shape index (κ2) is 6.73. The van der Waals surface area contributed by atoms with E-state index in [0.29, 0.717) is 11.7 Å². The smallest absolute Gasteiger partial charge is 0.317 e. The van der Waals surface area contributed by atoms with Crippen molar-refractivity contribution in [2.24, 2.45) is 17.3 Å². The number of hydrogen-bond acceptors (Lipinski definition) is 3. The van der Waals surface area contributed by atoms with Crippen LogP contribution >= 0.6 is 28.3 Å². The second-order valence-corrected chi connectivity index (χ2v) is 7.93. The Morgan fingerprint density at radius 2 is 1.91 bits per heavy atom. The summed E-state index contributed by atoms with van der Waals surface area (Å²) in [5, 5.41) is 0. The van der Waals surface area contributed by atoms with Crippen molar-refractivity contribution in [2.45, 2.75) is 32.1 Å². The molecule has 126 valence electrons. The average Bonchev–Trinajstić information content (AvgIpc) is 2.50. The molecule has 5 rings (SSSR count). The number of fused-ring (bicyclic) bond motifs is 3. The first kappa shape index (κ1) is 17.2. The van der Waals surface area contributed by atoms with Gasteiger partial charge in [-0.1, -0.05) is 18.6 Å². The lowest BCUT2D eigenvalue weighted by atomic mass is 9.55. The summed E-state index contributed by atoms with van der Waals surface area (Å²) in [6, 6.07) is 7.64. The fraction of sp³-hybridized carbons (Fsp3) is 0.611. The lowest BCUT2D eigenvalue weighted by Crippen LogP contribution is -2.58. The Hall–Kier alpha value is -0.580. The van der Waals surface area contributed by atoms with Crippen LogP contribution in [0.15, 0.2) is 28.7 Å². The first-order valence-corrected chi connectivity index (χ1v) is 9.17. The van der Waals surface area contributed by atoms with Gasteiger partial charge in [0.05, 0.1) is 9.89 Å². The highest BCUT2D eigenvalue weighted by molar-refractivity contribution is 9.10. The Balaban J connectivity index is 0.00000156. The third-order valence-electron chi connectivity index (χ3n) is 6.06. The molecule has 1 saturated carbocycles. The monoisotopic (exact) mass is 399 g/mol. The minimum atomic E-state index is -0.223. The van der Waals surface area contributed by atoms with Crippen LogP contribution < -0.4 is 4.74 Å². The summed E-state index contributed by atoms with van der Waals surface area (Å²) in [5.41, 5.74) is -0.223. The first-order valence-electron chi connectivity index (χ1n) is 8.38. The second-order valence-electron chi connectivity index (χ2n) is 7.07. The number of ether oxygens (including phenoxy) is 1. The van der Waals surface area contributed by atoms with E-state index in [9.17, 15) is 4.79 Å². The molecule has 4 aliphatic rings. The van der Waals surface area contributed by atoms with Crippen molar-refractivity contribution in [1.29, 1.82) is 0 Å². The molecule has 0 amide bonds. The predicted molar refractivity (Wildman–Crippen MR) is 96.0 cm³/mol. The van der Waals surface area contributed by atoms with E-state index in [1.54, 1.807) is 0 Å². The van der Waals surface area contributed by atoms with Gasteiger partial charge in [-0.15, -0.1) is 12.4 Å². The normalized spacial score (nSPS) is 30.9. The topological polar surface area (TPSA) is 29.5 Å². The molecule has 3 aliphatic heterocycles. The predicted octanol–water partition coefficient (Wildman–Crippen LogP) is 4.29. The molecule has 0 aromatic heterocycles. The molecule has 5 heteroatoms. The molecule has 1 aliphatic carbocycles. The number of esters is 1. The maximum atomic E-state index is 13.0. The lowest BCUT2D eigenvalue weighted by Gasteiger charge is -2.55. The fourth-order valence-electron chi connectivity index (χ4n) is 4.60. The van der Waals surface area contributed by atoms with E-state index in [-0.39, 0.29) is 23.8 Å². The molecule has 3 heterocycles. The molecule has 3 saturated heterocycles. The van der Waals surface area contributed by atoms with Crippen molar-refractivity contribution in [2.75, 3.05) is 19.6 Å². The molecular weight excluding hydrogens is 378 g/mol. The maximum Gasteiger partial charge on any atom is 0.317 e. The van der Waals surface area contributed by atoms with E-state index in [1.165, 1.54) is 25.9 Å². The molecular formula is C18H23BrClNO2. The molecule has 3 nitrogen and oxygen atoms in total. The molecule has 1 aromatic rings. The number of para-hydroxylation sites is 1. The van der Waals surface area contributed by atoms with E-state index in [2.05, 4.69) is 20.8 Å². The minimum absolute atomic E-state index is 0. The Morgan fingerprint density at radius 1 is 1.22 bits per heavy atom. The highest BCUT2D eigenvalue weighted by Crippen LogP contribution is 2.54. The van der Waals surface area contributed by atoms with Crippen molar-refractivity contribution >= 4 is 34.3 Å². The van der Waals surface area contributed by atoms with E-state index >= 15 is 0 Å². The lowest BCUT2D eigenvalue weighted by molar-refractivity contribution is -0.165. The SMILES string of the molecule is Cl.O=C(Oc1ccccc1Br)C1(C2CN3CCC2CC3)CCC1. The maximum absolute atomic E-state index is 13.0. The third-order valence-corrected chi connectivity index (χ3v) is 6.71. The van der Waals surface area contributed by atoms with Crippen molar-refractivity contribution < 1.29 is 9.53 Å². The number of halogens is 2. The summed E-state index contributed by atoms with van der Waals surface area (Å²) in [6.45, 7) is 3.53. The molecule has 4 fully saturated rings.